The van der Waals surface area contributed by atoms with Crippen LogP contribution in [0.25, 0.3) is 0 Å². The number of aliphatic imine (C=N–C) groups is 1. The first-order chi connectivity index (χ1) is 11.3. The molecular formula is C18H34N4O. The molecular weight excluding hydrogens is 288 g/mol. The summed E-state index contributed by atoms with van der Waals surface area (Å²) >= 11 is 0. The van der Waals surface area contributed by atoms with Crippen LogP contribution in [0.15, 0.2) is 4.99 Å². The maximum absolute atomic E-state index is 5.93. The number of guanidine groups is 1. The van der Waals surface area contributed by atoms with Gasteiger partial charge < -0.3 is 20.3 Å². The van der Waals surface area contributed by atoms with E-state index >= 15 is 0 Å². The third-order valence-corrected chi connectivity index (χ3v) is 6.14. The maximum Gasteiger partial charge on any atom is 0.191 e. The van der Waals surface area contributed by atoms with Crippen LogP contribution in [-0.2, 0) is 4.74 Å². The zero-order valence-electron chi connectivity index (χ0n) is 14.9. The molecule has 0 radical (unpaired) electrons. The average molecular weight is 322 g/mol. The fourth-order valence-electron chi connectivity index (χ4n) is 4.52. The minimum Gasteiger partial charge on any atom is -0.378 e. The zero-order chi connectivity index (χ0) is 16.1. The fraction of sp³-hybridized carbons (Fsp3) is 0.944. The number of hydrogen-bond acceptors (Lipinski definition) is 3. The summed E-state index contributed by atoms with van der Waals surface area (Å²) in [5.74, 6) is 0.966. The number of hydrogen-bond donors (Lipinski definition) is 2. The lowest BCUT2D eigenvalue weighted by molar-refractivity contribution is -0.168. The highest BCUT2D eigenvalue weighted by Gasteiger charge is 2.59. The minimum atomic E-state index is 0.389. The Balaban J connectivity index is 1.41. The van der Waals surface area contributed by atoms with Crippen molar-refractivity contribution in [1.82, 2.24) is 15.5 Å². The molecule has 1 heterocycles. The van der Waals surface area contributed by atoms with Gasteiger partial charge in [-0.05, 0) is 52.1 Å². The van der Waals surface area contributed by atoms with Crippen molar-refractivity contribution >= 4 is 5.96 Å². The van der Waals surface area contributed by atoms with Crippen LogP contribution in [0.1, 0.15) is 51.9 Å². The number of rotatable bonds is 6. The quantitative estimate of drug-likeness (QED) is 0.580. The van der Waals surface area contributed by atoms with Crippen molar-refractivity contribution in [3.05, 3.63) is 0 Å². The monoisotopic (exact) mass is 322 g/mol. The highest BCUT2D eigenvalue weighted by Crippen LogP contribution is 2.57. The van der Waals surface area contributed by atoms with Gasteiger partial charge in [0.15, 0.2) is 5.96 Å². The zero-order valence-corrected chi connectivity index (χ0v) is 14.9. The predicted octanol–water partition coefficient (Wildman–Crippen LogP) is 1.99. The van der Waals surface area contributed by atoms with Gasteiger partial charge in [-0.25, -0.2) is 0 Å². The van der Waals surface area contributed by atoms with Gasteiger partial charge >= 0.3 is 0 Å². The molecule has 0 bridgehead atoms. The Morgan fingerprint density at radius 1 is 1.22 bits per heavy atom. The molecule has 1 aliphatic heterocycles. The molecule has 23 heavy (non-hydrogen) atoms. The van der Waals surface area contributed by atoms with Gasteiger partial charge in [0.1, 0.15) is 0 Å². The average Bonchev–Trinajstić information content (AvgIpc) is 2.51. The van der Waals surface area contributed by atoms with Gasteiger partial charge in [-0.1, -0.05) is 12.8 Å². The number of nitrogens with zero attached hydrogens (tertiary/aromatic N) is 2. The summed E-state index contributed by atoms with van der Waals surface area (Å²) in [4.78, 5) is 6.98. The van der Waals surface area contributed by atoms with E-state index in [0.717, 1.165) is 32.1 Å². The first-order valence-electron chi connectivity index (χ1n) is 9.59. The number of piperidine rings is 1. The van der Waals surface area contributed by atoms with Gasteiger partial charge in [0, 0.05) is 38.2 Å². The molecule has 3 rings (SSSR count). The molecule has 2 N–H and O–H groups in total. The van der Waals surface area contributed by atoms with Gasteiger partial charge in [0.2, 0.25) is 0 Å². The van der Waals surface area contributed by atoms with Crippen molar-refractivity contribution in [3.8, 4) is 0 Å². The van der Waals surface area contributed by atoms with Gasteiger partial charge in [0.05, 0.1) is 6.10 Å². The highest BCUT2D eigenvalue weighted by molar-refractivity contribution is 5.80. The van der Waals surface area contributed by atoms with Crippen LogP contribution >= 0.6 is 0 Å². The van der Waals surface area contributed by atoms with Crippen LogP contribution < -0.4 is 10.6 Å². The molecule has 2 atom stereocenters. The lowest BCUT2D eigenvalue weighted by atomic mass is 9.51. The maximum atomic E-state index is 5.93. The number of ether oxygens (including phenoxy) is 1. The first kappa shape index (κ1) is 17.0. The summed E-state index contributed by atoms with van der Waals surface area (Å²) in [6.07, 6.45) is 9.67. The van der Waals surface area contributed by atoms with Crippen LogP contribution in [0, 0.1) is 5.41 Å². The van der Waals surface area contributed by atoms with Gasteiger partial charge in [-0.3, -0.25) is 4.99 Å². The predicted molar refractivity (Wildman–Crippen MR) is 94.9 cm³/mol. The number of likely N-dealkylation sites (tertiary alicyclic amines) is 1. The fourth-order valence-corrected chi connectivity index (χ4v) is 4.52. The van der Waals surface area contributed by atoms with Gasteiger partial charge in [-0.15, -0.1) is 0 Å². The van der Waals surface area contributed by atoms with E-state index in [1.165, 1.54) is 51.6 Å². The van der Waals surface area contributed by atoms with E-state index < -0.39 is 0 Å². The van der Waals surface area contributed by atoms with Crippen molar-refractivity contribution in [2.75, 3.05) is 39.8 Å². The van der Waals surface area contributed by atoms with Crippen LogP contribution in [-0.4, -0.2) is 62.8 Å². The van der Waals surface area contributed by atoms with Crippen molar-refractivity contribution in [3.63, 3.8) is 0 Å². The van der Waals surface area contributed by atoms with Crippen molar-refractivity contribution < 1.29 is 4.74 Å². The first-order valence-corrected chi connectivity index (χ1v) is 9.59. The van der Waals surface area contributed by atoms with E-state index in [4.69, 9.17) is 4.74 Å². The van der Waals surface area contributed by atoms with E-state index in [-0.39, 0.29) is 0 Å². The summed E-state index contributed by atoms with van der Waals surface area (Å²) in [6, 6.07) is 0.536. The topological polar surface area (TPSA) is 48.9 Å². The summed E-state index contributed by atoms with van der Waals surface area (Å²) in [5.41, 5.74) is 0.389. The second-order valence-corrected chi connectivity index (χ2v) is 7.36. The van der Waals surface area contributed by atoms with Crippen molar-refractivity contribution in [2.45, 2.75) is 64.0 Å². The molecule has 0 aromatic carbocycles. The van der Waals surface area contributed by atoms with Crippen LogP contribution in [0.3, 0.4) is 0 Å². The largest absolute Gasteiger partial charge is 0.378 e. The molecule has 2 saturated carbocycles. The molecule has 2 aliphatic carbocycles. The highest BCUT2D eigenvalue weighted by atomic mass is 16.5. The van der Waals surface area contributed by atoms with Crippen molar-refractivity contribution in [2.24, 2.45) is 10.4 Å². The summed E-state index contributed by atoms with van der Waals surface area (Å²) < 4.78 is 5.93. The molecule has 1 saturated heterocycles. The Bertz CT molecular complexity index is 402. The van der Waals surface area contributed by atoms with Crippen LogP contribution in [0.2, 0.25) is 0 Å². The molecule has 3 aliphatic rings. The van der Waals surface area contributed by atoms with E-state index in [0.29, 0.717) is 17.6 Å². The molecule has 0 amide bonds. The molecule has 132 valence electrons. The third-order valence-electron chi connectivity index (χ3n) is 6.14. The van der Waals surface area contributed by atoms with E-state index in [1.807, 2.05) is 7.05 Å². The summed E-state index contributed by atoms with van der Waals surface area (Å²) in [5, 5.41) is 7.17. The molecule has 3 fully saturated rings. The molecule has 5 heteroatoms. The smallest absolute Gasteiger partial charge is 0.191 e. The third kappa shape index (κ3) is 3.66. The van der Waals surface area contributed by atoms with E-state index in [9.17, 15) is 0 Å². The van der Waals surface area contributed by atoms with E-state index in [2.05, 4.69) is 27.4 Å². The Kier molecular flexibility index (Phi) is 5.81. The minimum absolute atomic E-state index is 0.389. The van der Waals surface area contributed by atoms with Gasteiger partial charge in [-0.2, -0.15) is 0 Å². The van der Waals surface area contributed by atoms with Crippen LogP contribution in [0.4, 0.5) is 0 Å². The Hall–Kier alpha value is -0.810. The molecule has 5 nitrogen and oxygen atoms in total. The SMILES string of the molecule is CCOC1CC(NC(=NC)NCCN2CCCCC2)C12CCC2. The lowest BCUT2D eigenvalue weighted by Crippen LogP contribution is -2.68. The van der Waals surface area contributed by atoms with Crippen molar-refractivity contribution in [1.29, 1.82) is 0 Å². The summed E-state index contributed by atoms with van der Waals surface area (Å²) in [7, 11) is 1.88. The Labute approximate surface area is 141 Å². The van der Waals surface area contributed by atoms with Crippen LogP contribution in [0.5, 0.6) is 0 Å². The molecule has 1 spiro atoms. The normalized spacial score (nSPS) is 30.6. The van der Waals surface area contributed by atoms with E-state index in [1.54, 1.807) is 0 Å². The molecule has 2 unspecified atom stereocenters. The Morgan fingerprint density at radius 3 is 2.61 bits per heavy atom. The number of nitrogens with one attached hydrogen (secondary N) is 2. The van der Waals surface area contributed by atoms with Gasteiger partial charge in [0.25, 0.3) is 0 Å². The second kappa shape index (κ2) is 7.84. The standard InChI is InChI=1S/C18H34N4O/c1-3-23-16-14-15(18(16)8-7-9-18)21-17(19-2)20-10-13-22-11-5-4-6-12-22/h15-16H,3-14H2,1-2H3,(H2,19,20,21). The summed E-state index contributed by atoms with van der Waals surface area (Å²) in [6.45, 7) is 7.56. The Morgan fingerprint density at radius 2 is 2.00 bits per heavy atom. The second-order valence-electron chi connectivity index (χ2n) is 7.36. The lowest BCUT2D eigenvalue weighted by Gasteiger charge is -2.61. The molecule has 0 aromatic rings. The molecule has 0 aromatic heterocycles.